The second-order valence-corrected chi connectivity index (χ2v) is 6.84. The Kier molecular flexibility index (Phi) is 4.60. The van der Waals surface area contributed by atoms with E-state index in [4.69, 9.17) is 17.3 Å². The van der Waals surface area contributed by atoms with Gasteiger partial charge in [0.25, 0.3) is 0 Å². The highest BCUT2D eigenvalue weighted by atomic mass is 35.5. The van der Waals surface area contributed by atoms with Gasteiger partial charge in [-0.25, -0.2) is 4.52 Å². The van der Waals surface area contributed by atoms with Crippen molar-refractivity contribution in [1.82, 2.24) is 14.6 Å². The highest BCUT2D eigenvalue weighted by Crippen LogP contribution is 2.21. The Balaban J connectivity index is 1.46. The summed E-state index contributed by atoms with van der Waals surface area (Å²) in [5.74, 6) is 0.422. The van der Waals surface area contributed by atoms with Gasteiger partial charge in [-0.1, -0.05) is 48.0 Å². The molecule has 0 aliphatic heterocycles. The molecule has 134 valence electrons. The van der Waals surface area contributed by atoms with Crippen LogP contribution < -0.4 is 5.73 Å². The van der Waals surface area contributed by atoms with Crippen LogP contribution in [0.15, 0.2) is 66.9 Å². The molecule has 2 heterocycles. The van der Waals surface area contributed by atoms with Crippen LogP contribution in [0.2, 0.25) is 5.02 Å². The minimum absolute atomic E-state index is 0.171. The molecule has 5 nitrogen and oxygen atoms in total. The summed E-state index contributed by atoms with van der Waals surface area (Å²) < 4.78 is 1.66. The topological polar surface area (TPSA) is 73.3 Å². The van der Waals surface area contributed by atoms with Crippen molar-refractivity contribution in [2.75, 3.05) is 5.73 Å². The number of hydrogen-bond acceptors (Lipinski definition) is 4. The number of pyridine rings is 1. The summed E-state index contributed by atoms with van der Waals surface area (Å²) in [6.07, 6.45) is 2.70. The molecular formula is C21H17ClN4O. The molecule has 2 aromatic heterocycles. The smallest absolute Gasteiger partial charge is 0.240 e. The highest BCUT2D eigenvalue weighted by Gasteiger charge is 2.07. The summed E-state index contributed by atoms with van der Waals surface area (Å²) in [6, 6.07) is 19.2. The maximum Gasteiger partial charge on any atom is 0.240 e. The number of ketones is 1. The van der Waals surface area contributed by atoms with E-state index in [1.807, 2.05) is 54.7 Å². The van der Waals surface area contributed by atoms with Gasteiger partial charge in [-0.15, -0.1) is 5.10 Å². The summed E-state index contributed by atoms with van der Waals surface area (Å²) >= 11 is 5.88. The average molecular weight is 377 g/mol. The fraction of sp³-hybridized carbons (Fsp3) is 0.0952. The summed E-state index contributed by atoms with van der Waals surface area (Å²) in [5.41, 5.74) is 10.3. The van der Waals surface area contributed by atoms with Crippen molar-refractivity contribution in [2.24, 2.45) is 0 Å². The van der Waals surface area contributed by atoms with Gasteiger partial charge in [0.05, 0.1) is 0 Å². The molecule has 4 aromatic rings. The van der Waals surface area contributed by atoms with E-state index in [-0.39, 0.29) is 11.7 Å². The number of hydrogen-bond donors (Lipinski definition) is 1. The second kappa shape index (κ2) is 7.21. The number of aromatic nitrogens is 3. The minimum atomic E-state index is 0.171. The van der Waals surface area contributed by atoms with Crippen LogP contribution in [0.4, 0.5) is 5.95 Å². The summed E-state index contributed by atoms with van der Waals surface area (Å²) in [6.45, 7) is 0. The first kappa shape index (κ1) is 17.2. The van der Waals surface area contributed by atoms with E-state index >= 15 is 0 Å². The number of nitrogens with zero attached hydrogens (tertiary/aromatic N) is 3. The number of halogens is 1. The van der Waals surface area contributed by atoms with Gasteiger partial charge in [-0.2, -0.15) is 4.98 Å². The third-order valence-electron chi connectivity index (χ3n) is 4.35. The second-order valence-electron chi connectivity index (χ2n) is 6.41. The fourth-order valence-corrected chi connectivity index (χ4v) is 3.13. The Morgan fingerprint density at radius 3 is 2.15 bits per heavy atom. The first-order valence-corrected chi connectivity index (χ1v) is 8.92. The molecule has 0 amide bonds. The number of carbonyl (C=O) groups is 1. The number of nitrogen functional groups attached to an aromatic ring is 1. The normalized spacial score (nSPS) is 11.0. The van der Waals surface area contributed by atoms with E-state index in [1.165, 1.54) is 0 Å². The first-order valence-electron chi connectivity index (χ1n) is 8.54. The van der Waals surface area contributed by atoms with Crippen LogP contribution in [-0.4, -0.2) is 20.4 Å². The maximum absolute atomic E-state index is 12.3. The number of nitrogens with two attached hydrogens (primary N) is 1. The van der Waals surface area contributed by atoms with Crippen molar-refractivity contribution in [2.45, 2.75) is 12.8 Å². The molecule has 2 aromatic carbocycles. The van der Waals surface area contributed by atoms with Crippen LogP contribution >= 0.6 is 11.6 Å². The number of rotatable bonds is 5. The number of benzene rings is 2. The van der Waals surface area contributed by atoms with Gasteiger partial charge in [0.2, 0.25) is 5.95 Å². The van der Waals surface area contributed by atoms with Gasteiger partial charge >= 0.3 is 0 Å². The molecule has 0 fully saturated rings. The Morgan fingerprint density at radius 2 is 1.48 bits per heavy atom. The molecule has 0 saturated heterocycles. The molecule has 4 rings (SSSR count). The Hall–Kier alpha value is -3.18. The van der Waals surface area contributed by atoms with Crippen molar-refractivity contribution in [1.29, 1.82) is 0 Å². The van der Waals surface area contributed by atoms with E-state index in [1.54, 1.807) is 16.6 Å². The monoisotopic (exact) mass is 376 g/mol. The van der Waals surface area contributed by atoms with Gasteiger partial charge in [0.15, 0.2) is 5.65 Å². The molecule has 0 unspecified atom stereocenters. The average Bonchev–Trinajstić information content (AvgIpc) is 3.03. The van der Waals surface area contributed by atoms with Crippen LogP contribution in [0.25, 0.3) is 16.8 Å². The number of carbonyl (C=O) groups excluding carboxylic acids is 1. The van der Waals surface area contributed by atoms with Crippen molar-refractivity contribution in [3.05, 3.63) is 83.0 Å². The van der Waals surface area contributed by atoms with Crippen LogP contribution in [0, 0.1) is 0 Å². The highest BCUT2D eigenvalue weighted by molar-refractivity contribution is 6.30. The molecule has 0 atom stereocenters. The lowest BCUT2D eigenvalue weighted by Crippen LogP contribution is -2.06. The molecule has 0 aliphatic rings. The zero-order valence-corrected chi connectivity index (χ0v) is 15.2. The van der Waals surface area contributed by atoms with Gasteiger partial charge < -0.3 is 5.73 Å². The first-order chi connectivity index (χ1) is 13.1. The lowest BCUT2D eigenvalue weighted by Gasteiger charge is -2.05. The molecule has 0 aliphatic carbocycles. The SMILES string of the molecule is Nc1nc2ccc(-c3ccc(CC(=O)Cc4ccc(Cl)cc4)cc3)cn2n1. The summed E-state index contributed by atoms with van der Waals surface area (Å²) in [4.78, 5) is 16.4. The lowest BCUT2D eigenvalue weighted by molar-refractivity contribution is -0.117. The van der Waals surface area contributed by atoms with Gasteiger partial charge in [0, 0.05) is 29.6 Å². The van der Waals surface area contributed by atoms with E-state index in [0.717, 1.165) is 22.3 Å². The van der Waals surface area contributed by atoms with Crippen molar-refractivity contribution >= 4 is 29.0 Å². The standard InChI is InChI=1S/C21H17ClN4O/c22-18-8-3-15(4-9-18)12-19(27)11-14-1-5-16(6-2-14)17-7-10-20-24-21(23)25-26(20)13-17/h1-10,13H,11-12H2,(H2,23,25). The van der Waals surface area contributed by atoms with E-state index < -0.39 is 0 Å². The molecule has 6 heteroatoms. The summed E-state index contributed by atoms with van der Waals surface area (Å²) in [7, 11) is 0. The van der Waals surface area contributed by atoms with Gasteiger partial charge in [0.1, 0.15) is 5.78 Å². The molecule has 0 bridgehead atoms. The minimum Gasteiger partial charge on any atom is -0.366 e. The predicted octanol–water partition coefficient (Wildman–Crippen LogP) is 3.99. The number of fused-ring (bicyclic) bond motifs is 1. The van der Waals surface area contributed by atoms with E-state index in [9.17, 15) is 4.79 Å². The fourth-order valence-electron chi connectivity index (χ4n) is 3.01. The Morgan fingerprint density at radius 1 is 0.889 bits per heavy atom. The van der Waals surface area contributed by atoms with Gasteiger partial charge in [-0.05, 0) is 41.0 Å². The Labute approximate surface area is 161 Å². The summed E-state index contributed by atoms with van der Waals surface area (Å²) in [5, 5.41) is 4.81. The van der Waals surface area contributed by atoms with Crippen molar-refractivity contribution in [3.8, 4) is 11.1 Å². The van der Waals surface area contributed by atoms with Crippen molar-refractivity contribution < 1.29 is 4.79 Å². The molecule has 0 saturated carbocycles. The van der Waals surface area contributed by atoms with Crippen LogP contribution in [0.3, 0.4) is 0 Å². The maximum atomic E-state index is 12.3. The zero-order valence-electron chi connectivity index (χ0n) is 14.5. The lowest BCUT2D eigenvalue weighted by atomic mass is 10.0. The molecule has 0 spiro atoms. The van der Waals surface area contributed by atoms with E-state index in [0.29, 0.717) is 23.5 Å². The third kappa shape index (κ3) is 3.99. The molecule has 0 radical (unpaired) electrons. The van der Waals surface area contributed by atoms with Gasteiger partial charge in [-0.3, -0.25) is 4.79 Å². The van der Waals surface area contributed by atoms with Crippen LogP contribution in [0.1, 0.15) is 11.1 Å². The molecule has 27 heavy (non-hydrogen) atoms. The van der Waals surface area contributed by atoms with Crippen LogP contribution in [-0.2, 0) is 17.6 Å². The van der Waals surface area contributed by atoms with Crippen LogP contribution in [0.5, 0.6) is 0 Å². The quantitative estimate of drug-likeness (QED) is 0.571. The largest absolute Gasteiger partial charge is 0.366 e. The molecule has 2 N–H and O–H groups in total. The number of Topliss-reactive ketones (excluding diaryl/α,β-unsaturated/α-hetero) is 1. The van der Waals surface area contributed by atoms with E-state index in [2.05, 4.69) is 10.1 Å². The number of anilines is 1. The Bertz CT molecular complexity index is 1100. The molecular weight excluding hydrogens is 360 g/mol. The zero-order chi connectivity index (χ0) is 18.8. The predicted molar refractivity (Wildman–Crippen MR) is 107 cm³/mol. The van der Waals surface area contributed by atoms with Crippen molar-refractivity contribution in [3.63, 3.8) is 0 Å². The third-order valence-corrected chi connectivity index (χ3v) is 4.60.